The molecule has 3 rings (SSSR count). The van der Waals surface area contributed by atoms with E-state index in [1.807, 2.05) is 30.3 Å². The predicted molar refractivity (Wildman–Crippen MR) is 72.6 cm³/mol. The van der Waals surface area contributed by atoms with Crippen molar-refractivity contribution in [1.29, 1.82) is 0 Å². The normalized spacial score (nSPS) is 24.7. The molecule has 4 nitrogen and oxygen atoms in total. The zero-order chi connectivity index (χ0) is 13.4. The van der Waals surface area contributed by atoms with Gasteiger partial charge in [0.15, 0.2) is 0 Å². The number of amides is 2. The van der Waals surface area contributed by atoms with Crippen molar-refractivity contribution in [2.45, 2.75) is 25.3 Å². The number of anilines is 1. The monoisotopic (exact) mass is 258 g/mol. The number of carbonyl (C=O) groups is 2. The van der Waals surface area contributed by atoms with Crippen molar-refractivity contribution in [3.63, 3.8) is 0 Å². The lowest BCUT2D eigenvalue weighted by molar-refractivity contribution is -0.126. The molecule has 2 aliphatic rings. The summed E-state index contributed by atoms with van der Waals surface area (Å²) in [6.45, 7) is 0. The Morgan fingerprint density at radius 3 is 2.47 bits per heavy atom. The van der Waals surface area contributed by atoms with Crippen LogP contribution in [0.2, 0.25) is 0 Å². The first-order chi connectivity index (χ1) is 9.16. The van der Waals surface area contributed by atoms with Crippen LogP contribution in [-0.2, 0) is 9.59 Å². The number of hydrogen-bond donors (Lipinski definition) is 1. The average Bonchev–Trinajstić information content (AvgIpc) is 3.31. The molecule has 1 aromatic rings. The fraction of sp³-hybridized carbons (Fsp3) is 0.467. The van der Waals surface area contributed by atoms with Gasteiger partial charge in [-0.3, -0.25) is 9.59 Å². The van der Waals surface area contributed by atoms with Gasteiger partial charge in [-0.05, 0) is 31.4 Å². The molecular formula is C15H18N2O2. The van der Waals surface area contributed by atoms with Crippen LogP contribution in [-0.4, -0.2) is 24.9 Å². The smallest absolute Gasteiger partial charge is 0.230 e. The van der Waals surface area contributed by atoms with Gasteiger partial charge in [-0.1, -0.05) is 18.2 Å². The standard InChI is InChI=1S/C15H18N2O2/c1-17(11-5-3-2-4-6-11)15(19)13-9-12(13)14(18)16-10-7-8-10/h2-6,10,12-13H,7-9H2,1H3,(H,16,18). The van der Waals surface area contributed by atoms with Gasteiger partial charge in [0.05, 0.1) is 11.8 Å². The summed E-state index contributed by atoms with van der Waals surface area (Å²) in [5, 5.41) is 2.97. The van der Waals surface area contributed by atoms with Gasteiger partial charge in [-0.25, -0.2) is 0 Å². The quantitative estimate of drug-likeness (QED) is 0.891. The third-order valence-corrected chi connectivity index (χ3v) is 3.84. The molecule has 19 heavy (non-hydrogen) atoms. The molecule has 2 aliphatic carbocycles. The summed E-state index contributed by atoms with van der Waals surface area (Å²) in [4.78, 5) is 25.8. The number of rotatable bonds is 4. The highest BCUT2D eigenvalue weighted by Crippen LogP contribution is 2.41. The van der Waals surface area contributed by atoms with Crippen molar-refractivity contribution in [3.8, 4) is 0 Å². The fourth-order valence-corrected chi connectivity index (χ4v) is 2.32. The minimum absolute atomic E-state index is 0.0437. The molecule has 2 fully saturated rings. The molecule has 2 unspecified atom stereocenters. The van der Waals surface area contributed by atoms with Gasteiger partial charge in [0.2, 0.25) is 11.8 Å². The molecule has 2 amide bonds. The molecule has 0 aliphatic heterocycles. The van der Waals surface area contributed by atoms with Crippen LogP contribution in [0, 0.1) is 11.8 Å². The highest BCUT2D eigenvalue weighted by atomic mass is 16.2. The van der Waals surface area contributed by atoms with Crippen LogP contribution in [0.15, 0.2) is 30.3 Å². The van der Waals surface area contributed by atoms with Crippen molar-refractivity contribution in [2.24, 2.45) is 11.8 Å². The van der Waals surface area contributed by atoms with Crippen LogP contribution in [0.5, 0.6) is 0 Å². The minimum atomic E-state index is -0.135. The largest absolute Gasteiger partial charge is 0.353 e. The lowest BCUT2D eigenvalue weighted by Gasteiger charge is -2.17. The van der Waals surface area contributed by atoms with E-state index < -0.39 is 0 Å². The number of benzene rings is 1. The van der Waals surface area contributed by atoms with Gasteiger partial charge in [-0.2, -0.15) is 0 Å². The molecule has 0 aromatic heterocycles. The molecule has 0 spiro atoms. The molecule has 2 atom stereocenters. The van der Waals surface area contributed by atoms with Crippen LogP contribution in [0.1, 0.15) is 19.3 Å². The highest BCUT2D eigenvalue weighted by molar-refractivity contribution is 6.00. The number of para-hydroxylation sites is 1. The molecule has 2 saturated carbocycles. The van der Waals surface area contributed by atoms with E-state index in [1.165, 1.54) is 0 Å². The SMILES string of the molecule is CN(C(=O)C1CC1C(=O)NC1CC1)c1ccccc1. The molecule has 100 valence electrons. The Labute approximate surface area is 112 Å². The third kappa shape index (κ3) is 2.62. The molecule has 0 radical (unpaired) electrons. The first kappa shape index (κ1) is 12.2. The molecule has 0 bridgehead atoms. The minimum Gasteiger partial charge on any atom is -0.353 e. The molecule has 1 N–H and O–H groups in total. The predicted octanol–water partition coefficient (Wildman–Crippen LogP) is 1.56. The van der Waals surface area contributed by atoms with E-state index in [0.29, 0.717) is 12.5 Å². The highest BCUT2D eigenvalue weighted by Gasteiger charge is 2.49. The van der Waals surface area contributed by atoms with Crippen molar-refractivity contribution in [2.75, 3.05) is 11.9 Å². The lowest BCUT2D eigenvalue weighted by atomic mass is 10.2. The second-order valence-electron chi connectivity index (χ2n) is 5.46. The van der Waals surface area contributed by atoms with E-state index in [2.05, 4.69) is 5.32 Å². The summed E-state index contributed by atoms with van der Waals surface area (Å²) in [7, 11) is 1.77. The van der Waals surface area contributed by atoms with E-state index in [9.17, 15) is 9.59 Å². The maximum Gasteiger partial charge on any atom is 0.230 e. The third-order valence-electron chi connectivity index (χ3n) is 3.84. The van der Waals surface area contributed by atoms with E-state index in [0.717, 1.165) is 18.5 Å². The summed E-state index contributed by atoms with van der Waals surface area (Å²) < 4.78 is 0. The van der Waals surface area contributed by atoms with Crippen molar-refractivity contribution in [3.05, 3.63) is 30.3 Å². The van der Waals surface area contributed by atoms with E-state index in [-0.39, 0.29) is 23.7 Å². The van der Waals surface area contributed by atoms with Crippen LogP contribution < -0.4 is 10.2 Å². The van der Waals surface area contributed by atoms with Crippen LogP contribution >= 0.6 is 0 Å². The van der Waals surface area contributed by atoms with Gasteiger partial charge in [0.1, 0.15) is 0 Å². The fourth-order valence-electron chi connectivity index (χ4n) is 2.32. The van der Waals surface area contributed by atoms with Crippen molar-refractivity contribution >= 4 is 17.5 Å². The van der Waals surface area contributed by atoms with E-state index in [1.54, 1.807) is 11.9 Å². The maximum atomic E-state index is 12.3. The van der Waals surface area contributed by atoms with Gasteiger partial charge in [0.25, 0.3) is 0 Å². The zero-order valence-corrected chi connectivity index (χ0v) is 11.0. The topological polar surface area (TPSA) is 49.4 Å². The van der Waals surface area contributed by atoms with Gasteiger partial charge >= 0.3 is 0 Å². The first-order valence-corrected chi connectivity index (χ1v) is 6.80. The van der Waals surface area contributed by atoms with Gasteiger partial charge in [0, 0.05) is 18.8 Å². The number of nitrogens with one attached hydrogen (secondary N) is 1. The molecule has 1 aromatic carbocycles. The van der Waals surface area contributed by atoms with Crippen LogP contribution in [0.25, 0.3) is 0 Å². The Hall–Kier alpha value is -1.84. The molecule has 0 saturated heterocycles. The number of nitrogens with zero attached hydrogens (tertiary/aromatic N) is 1. The van der Waals surface area contributed by atoms with Gasteiger partial charge < -0.3 is 10.2 Å². The average molecular weight is 258 g/mol. The summed E-state index contributed by atoms with van der Waals surface area (Å²) in [5.74, 6) is -0.146. The first-order valence-electron chi connectivity index (χ1n) is 6.80. The number of hydrogen-bond acceptors (Lipinski definition) is 2. The molecular weight excluding hydrogens is 240 g/mol. The second-order valence-corrected chi connectivity index (χ2v) is 5.46. The van der Waals surface area contributed by atoms with Crippen LogP contribution in [0.4, 0.5) is 5.69 Å². The summed E-state index contributed by atoms with van der Waals surface area (Å²) in [6, 6.07) is 9.91. The van der Waals surface area contributed by atoms with E-state index in [4.69, 9.17) is 0 Å². The maximum absolute atomic E-state index is 12.3. The molecule has 4 heteroatoms. The Morgan fingerprint density at radius 1 is 1.16 bits per heavy atom. The summed E-state index contributed by atoms with van der Waals surface area (Å²) in [6.07, 6.45) is 2.86. The number of carbonyl (C=O) groups excluding carboxylic acids is 2. The van der Waals surface area contributed by atoms with Gasteiger partial charge in [-0.15, -0.1) is 0 Å². The summed E-state index contributed by atoms with van der Waals surface area (Å²) >= 11 is 0. The molecule has 0 heterocycles. The second kappa shape index (κ2) is 4.68. The summed E-state index contributed by atoms with van der Waals surface area (Å²) in [5.41, 5.74) is 0.876. The zero-order valence-electron chi connectivity index (χ0n) is 11.0. The van der Waals surface area contributed by atoms with Crippen molar-refractivity contribution < 1.29 is 9.59 Å². The Morgan fingerprint density at radius 2 is 1.84 bits per heavy atom. The lowest BCUT2D eigenvalue weighted by Crippen LogP contribution is -2.32. The van der Waals surface area contributed by atoms with Crippen molar-refractivity contribution in [1.82, 2.24) is 5.32 Å². The van der Waals surface area contributed by atoms with Crippen LogP contribution in [0.3, 0.4) is 0 Å². The Balaban J connectivity index is 1.58. The Kier molecular flexibility index (Phi) is 3.01. The Bertz CT molecular complexity index is 496. The van der Waals surface area contributed by atoms with E-state index >= 15 is 0 Å².